The number of fused-ring (bicyclic) bond motifs is 20. The normalized spacial score (nSPS) is 48.6. The Balaban J connectivity index is 0.00000195. The molecule has 5 saturated heterocycles. The highest BCUT2D eigenvalue weighted by Crippen LogP contribution is 2.66. The van der Waals surface area contributed by atoms with Crippen molar-refractivity contribution < 1.29 is 11.0 Å². The van der Waals surface area contributed by atoms with Gasteiger partial charge in [0.2, 0.25) is 0 Å². The minimum atomic E-state index is 0. The number of nitrogens with one attached hydrogen (secondary N) is 8. The van der Waals surface area contributed by atoms with E-state index in [0.717, 1.165) is 0 Å². The van der Waals surface area contributed by atoms with Crippen LogP contribution in [0.4, 0.5) is 0 Å². The molecule has 0 aromatic carbocycles. The summed E-state index contributed by atoms with van der Waals surface area (Å²) >= 11 is 0. The summed E-state index contributed by atoms with van der Waals surface area (Å²) in [7, 11) is 0. The maximum atomic E-state index is 4.56. The minimum absolute atomic E-state index is 0. The number of hydrogen-bond donors (Lipinski definition) is 8. The zero-order valence-electron chi connectivity index (χ0n) is 39.0. The average molecular weight is 845 g/mol. The van der Waals surface area contributed by atoms with Crippen molar-refractivity contribution in [3.05, 3.63) is 0 Å². The van der Waals surface area contributed by atoms with E-state index in [2.05, 4.69) is 126 Å². The van der Waals surface area contributed by atoms with Gasteiger partial charge < -0.3 is 11.0 Å². The molecular formula is C48H96N8O2Si. The fourth-order valence-corrected chi connectivity index (χ4v) is 16.6. The van der Waals surface area contributed by atoms with Crippen LogP contribution in [0, 0.1) is 92.7 Å². The van der Waals surface area contributed by atoms with Crippen LogP contribution in [0.5, 0.6) is 0 Å². The summed E-state index contributed by atoms with van der Waals surface area (Å²) in [5.41, 5.74) is 0.712. The predicted octanol–water partition coefficient (Wildman–Crippen LogP) is 4.59. The first-order valence-electron chi connectivity index (χ1n) is 24.4. The third kappa shape index (κ3) is 8.59. The molecule has 12 N–H and O–H groups in total. The van der Waals surface area contributed by atoms with Gasteiger partial charge in [-0.15, -0.1) is 0 Å². The molecule has 0 aromatic heterocycles. The van der Waals surface area contributed by atoms with Gasteiger partial charge in [-0.25, -0.2) is 0 Å². The summed E-state index contributed by atoms with van der Waals surface area (Å²) in [6.45, 7) is 31.2. The van der Waals surface area contributed by atoms with Crippen LogP contribution in [-0.2, 0) is 0 Å². The van der Waals surface area contributed by atoms with Crippen LogP contribution in [-0.4, -0.2) is 71.2 Å². The summed E-state index contributed by atoms with van der Waals surface area (Å²) in [6, 6.07) is 0. The van der Waals surface area contributed by atoms with E-state index in [1.807, 2.05) is 0 Å². The van der Waals surface area contributed by atoms with Crippen molar-refractivity contribution in [2.24, 2.45) is 92.7 Å². The lowest BCUT2D eigenvalue weighted by Gasteiger charge is -2.64. The fraction of sp³-hybridized carbons (Fsp3) is 1.00. The van der Waals surface area contributed by atoms with E-state index in [1.165, 1.54) is 77.0 Å². The standard InChI is InChI=1S/C48H88N8.2H2O.H4Si/c1-45(2,3)33-31-32(34(46(4,5)6)36(48(10,11)12)35(33)47(7,8)9)44-55-42-30-24-18-16-22-28(30)40(53-42)51-38-26-20-14-13-19-25(26)37(49-38)50-39-27-21-15-17-23-29(27)41(52-39)54-43(31)56-44;;;/h25-44,49-56H,13-24H2,1-12H3;2*1H2;1H4. The highest BCUT2D eigenvalue weighted by Gasteiger charge is 2.67. The van der Waals surface area contributed by atoms with E-state index in [4.69, 9.17) is 0 Å². The zero-order valence-corrected chi connectivity index (χ0v) is 39.0. The van der Waals surface area contributed by atoms with E-state index in [-0.39, 0.29) is 55.9 Å². The first-order chi connectivity index (χ1) is 26.3. The van der Waals surface area contributed by atoms with E-state index < -0.39 is 0 Å². The Morgan fingerprint density at radius 2 is 0.441 bits per heavy atom. The Hall–Kier alpha value is -0.183. The molecule has 0 radical (unpaired) electrons. The Morgan fingerprint density at radius 3 is 0.627 bits per heavy atom. The molecule has 10 nitrogen and oxygen atoms in total. The SMILES string of the molecule is CC(C)(C)C1C2C3NC4NC(NC5NC(NC6NC(NC(N3)C2C(C(C)(C)C)C(C(C)(C)C)C1C(C)(C)C)C1CCCCC61)C1CCCCC51)C1CCCCC41.O.O.[SiH4]. The van der Waals surface area contributed by atoms with Gasteiger partial charge in [-0.05, 0) is 142 Å². The van der Waals surface area contributed by atoms with Crippen molar-refractivity contribution in [1.29, 1.82) is 0 Å². The molecule has 20 atom stereocenters. The third-order valence-electron chi connectivity index (χ3n) is 18.3. The van der Waals surface area contributed by atoms with Crippen molar-refractivity contribution in [3.8, 4) is 0 Å². The summed E-state index contributed by atoms with van der Waals surface area (Å²) in [4.78, 5) is 0. The van der Waals surface area contributed by atoms with Gasteiger partial charge in [0.1, 0.15) is 0 Å². The second-order valence-electron chi connectivity index (χ2n) is 25.7. The molecule has 8 bridgehead atoms. The second-order valence-corrected chi connectivity index (χ2v) is 25.7. The smallest absolute Gasteiger partial charge is 0.0631 e. The fourth-order valence-electron chi connectivity index (χ4n) is 16.6. The van der Waals surface area contributed by atoms with Crippen molar-refractivity contribution >= 4 is 11.0 Å². The Bertz CT molecular complexity index is 1310. The van der Waals surface area contributed by atoms with Crippen LogP contribution < -0.4 is 42.5 Å². The lowest BCUT2D eigenvalue weighted by atomic mass is 9.40. The van der Waals surface area contributed by atoms with Gasteiger partial charge in [0.15, 0.2) is 0 Å². The largest absolute Gasteiger partial charge is 0.412 e. The van der Waals surface area contributed by atoms with Gasteiger partial charge in [-0.2, -0.15) is 0 Å². The molecule has 0 aromatic rings. The predicted molar refractivity (Wildman–Crippen MR) is 249 cm³/mol. The van der Waals surface area contributed by atoms with Gasteiger partial charge in [-0.1, -0.05) is 122 Å². The molecule has 0 spiro atoms. The maximum Gasteiger partial charge on any atom is 0.0631 e. The van der Waals surface area contributed by atoms with Crippen LogP contribution in [0.15, 0.2) is 0 Å². The summed E-state index contributed by atoms with van der Waals surface area (Å²) < 4.78 is 0. The van der Waals surface area contributed by atoms with E-state index in [9.17, 15) is 0 Å². The van der Waals surface area contributed by atoms with Gasteiger partial charge in [0.25, 0.3) is 0 Å². The van der Waals surface area contributed by atoms with Gasteiger partial charge >= 0.3 is 0 Å². The topological polar surface area (TPSA) is 159 Å². The molecule has 0 amide bonds. The van der Waals surface area contributed by atoms with E-state index in [0.29, 0.717) is 108 Å². The Labute approximate surface area is 365 Å². The quantitative estimate of drug-likeness (QED) is 0.165. The number of hydrogen-bond acceptors (Lipinski definition) is 8. The van der Waals surface area contributed by atoms with E-state index in [1.54, 1.807) is 0 Å². The molecule has 9 rings (SSSR count). The Morgan fingerprint density at radius 1 is 0.271 bits per heavy atom. The minimum Gasteiger partial charge on any atom is -0.412 e. The lowest BCUT2D eigenvalue weighted by Crippen LogP contribution is -2.64. The van der Waals surface area contributed by atoms with Crippen molar-refractivity contribution in [2.45, 2.75) is 209 Å². The molecular weight excluding hydrogens is 749 g/mol. The van der Waals surface area contributed by atoms with Crippen molar-refractivity contribution in [1.82, 2.24) is 42.5 Å². The second kappa shape index (κ2) is 17.3. The summed E-state index contributed by atoms with van der Waals surface area (Å²) in [5.74, 6) is 7.49. The highest BCUT2D eigenvalue weighted by atomic mass is 28.1. The lowest BCUT2D eigenvalue weighted by molar-refractivity contribution is -0.168. The highest BCUT2D eigenvalue weighted by molar-refractivity contribution is 5.75. The molecule has 5 aliphatic heterocycles. The molecule has 4 saturated carbocycles. The Kier molecular flexibility index (Phi) is 14.2. The molecule has 9 fully saturated rings. The van der Waals surface area contributed by atoms with Gasteiger partial charge in [0, 0.05) is 0 Å². The monoisotopic (exact) mass is 845 g/mol. The van der Waals surface area contributed by atoms with Crippen molar-refractivity contribution in [2.75, 3.05) is 0 Å². The zero-order chi connectivity index (χ0) is 39.7. The molecule has 20 unspecified atom stereocenters. The van der Waals surface area contributed by atoms with Gasteiger partial charge in [0.05, 0.1) is 49.3 Å². The first kappa shape index (κ1) is 48.3. The van der Waals surface area contributed by atoms with Crippen molar-refractivity contribution in [3.63, 3.8) is 0 Å². The summed E-state index contributed by atoms with van der Waals surface area (Å²) in [5, 5.41) is 35.4. The third-order valence-corrected chi connectivity index (χ3v) is 18.3. The molecule has 9 aliphatic rings. The van der Waals surface area contributed by atoms with Crippen LogP contribution in [0.25, 0.3) is 0 Å². The van der Waals surface area contributed by atoms with Gasteiger partial charge in [-0.3, -0.25) is 42.5 Å². The van der Waals surface area contributed by atoms with Crippen LogP contribution >= 0.6 is 0 Å². The average Bonchev–Trinajstić information content (AvgIpc) is 3.84. The number of rotatable bonds is 0. The molecule has 59 heavy (non-hydrogen) atoms. The van der Waals surface area contributed by atoms with Crippen LogP contribution in [0.1, 0.15) is 160 Å². The molecule has 5 heterocycles. The maximum absolute atomic E-state index is 4.56. The van der Waals surface area contributed by atoms with E-state index >= 15 is 0 Å². The first-order valence-corrected chi connectivity index (χ1v) is 24.4. The van der Waals surface area contributed by atoms with Crippen LogP contribution in [0.2, 0.25) is 0 Å². The molecule has 344 valence electrons. The molecule has 4 aliphatic carbocycles. The summed E-state index contributed by atoms with van der Waals surface area (Å²) in [6.07, 6.45) is 18.9. The molecule has 11 heteroatoms. The van der Waals surface area contributed by atoms with Crippen LogP contribution in [0.3, 0.4) is 0 Å².